The number of rotatable bonds is 4. The lowest BCUT2D eigenvalue weighted by Crippen LogP contribution is -2.28. The zero-order valence-electron chi connectivity index (χ0n) is 8.05. The van der Waals surface area contributed by atoms with Crippen LogP contribution < -0.4 is 5.32 Å². The van der Waals surface area contributed by atoms with Gasteiger partial charge in [0.2, 0.25) is 0 Å². The molecule has 0 aromatic carbocycles. The Hall–Kier alpha value is -0.730. The molecule has 1 aliphatic carbocycles. The van der Waals surface area contributed by atoms with Gasteiger partial charge < -0.3 is 10.1 Å². The summed E-state index contributed by atoms with van der Waals surface area (Å²) in [6.45, 7) is 4.37. The minimum Gasteiger partial charge on any atom is -0.446 e. The van der Waals surface area contributed by atoms with Gasteiger partial charge in [-0.3, -0.25) is 0 Å². The molecule has 0 atom stereocenters. The van der Waals surface area contributed by atoms with Crippen LogP contribution in [0.5, 0.6) is 0 Å². The van der Waals surface area contributed by atoms with Crippen molar-refractivity contribution in [1.29, 1.82) is 0 Å². The first-order valence-corrected chi connectivity index (χ1v) is 5.06. The average molecular weight is 184 g/mol. The van der Waals surface area contributed by atoms with E-state index in [1.54, 1.807) is 0 Å². The lowest BCUT2D eigenvalue weighted by molar-refractivity contribution is 0.101. The minimum atomic E-state index is -0.264. The maximum absolute atomic E-state index is 11.1. The minimum absolute atomic E-state index is 0.166. The first-order valence-electron chi connectivity index (χ1n) is 5.06. The second-order valence-electron chi connectivity index (χ2n) is 3.45. The summed E-state index contributed by atoms with van der Waals surface area (Å²) in [6, 6.07) is 0. The number of nitrogens with one attached hydrogen (secondary N) is 1. The summed E-state index contributed by atoms with van der Waals surface area (Å²) < 4.78 is 5.19. The lowest BCUT2D eigenvalue weighted by atomic mass is 10.3. The van der Waals surface area contributed by atoms with Gasteiger partial charge in [0.15, 0.2) is 0 Å². The number of carbonyl (C=O) groups excluding carboxylic acids is 1. The van der Waals surface area contributed by atoms with E-state index in [0.717, 1.165) is 25.7 Å². The van der Waals surface area contributed by atoms with Gasteiger partial charge in [-0.2, -0.15) is 0 Å². The van der Waals surface area contributed by atoms with Crippen molar-refractivity contribution in [3.63, 3.8) is 0 Å². The zero-order chi connectivity index (χ0) is 9.52. The normalized spacial score (nSPS) is 17.3. The van der Waals surface area contributed by atoms with E-state index in [1.807, 2.05) is 0 Å². The van der Waals surface area contributed by atoms with Gasteiger partial charge in [-0.1, -0.05) is 13.3 Å². The quantitative estimate of drug-likeness (QED) is 0.681. The van der Waals surface area contributed by atoms with E-state index >= 15 is 0 Å². The zero-order valence-corrected chi connectivity index (χ0v) is 8.05. The number of carbonyl (C=O) groups is 1. The van der Waals surface area contributed by atoms with E-state index in [1.165, 1.54) is 12.8 Å². The highest BCUT2D eigenvalue weighted by atomic mass is 16.6. The van der Waals surface area contributed by atoms with Crippen LogP contribution in [0.15, 0.2) is 0 Å². The van der Waals surface area contributed by atoms with Crippen molar-refractivity contribution in [2.24, 2.45) is 0 Å². The number of alkyl carbamates (subject to hydrolysis) is 1. The number of ether oxygens (including phenoxy) is 1. The summed E-state index contributed by atoms with van der Waals surface area (Å²) in [4.78, 5) is 11.1. The summed E-state index contributed by atoms with van der Waals surface area (Å²) in [5.41, 5.74) is 0. The molecule has 0 unspecified atom stereocenters. The highest BCUT2D eigenvalue weighted by Gasteiger charge is 2.18. The van der Waals surface area contributed by atoms with Crippen molar-refractivity contribution in [3.05, 3.63) is 6.92 Å². The van der Waals surface area contributed by atoms with Gasteiger partial charge in [0.05, 0.1) is 0 Å². The molecular formula is C10H18NO2. The topological polar surface area (TPSA) is 38.3 Å². The smallest absolute Gasteiger partial charge is 0.407 e. The fourth-order valence-electron chi connectivity index (χ4n) is 1.51. The number of amides is 1. The van der Waals surface area contributed by atoms with E-state index in [0.29, 0.717) is 6.54 Å². The SMILES string of the molecule is [CH2]CCCNC(=O)OC1CCCC1. The highest BCUT2D eigenvalue weighted by molar-refractivity contribution is 5.67. The first kappa shape index (κ1) is 10.4. The predicted molar refractivity (Wildman–Crippen MR) is 51.3 cm³/mol. The van der Waals surface area contributed by atoms with Crippen LogP contribution in [-0.2, 0) is 4.74 Å². The molecule has 1 rings (SSSR count). The van der Waals surface area contributed by atoms with E-state index < -0.39 is 0 Å². The van der Waals surface area contributed by atoms with Gasteiger partial charge >= 0.3 is 6.09 Å². The molecule has 75 valence electrons. The molecule has 13 heavy (non-hydrogen) atoms. The second kappa shape index (κ2) is 5.84. The summed E-state index contributed by atoms with van der Waals surface area (Å²) in [5, 5.41) is 2.71. The predicted octanol–water partition coefficient (Wildman–Crippen LogP) is 2.27. The molecule has 3 heteroatoms. The third-order valence-corrected chi connectivity index (χ3v) is 2.27. The molecule has 0 heterocycles. The van der Waals surface area contributed by atoms with Gasteiger partial charge in [-0.05, 0) is 32.1 Å². The Labute approximate surface area is 79.8 Å². The number of hydrogen-bond donors (Lipinski definition) is 1. The van der Waals surface area contributed by atoms with Crippen molar-refractivity contribution < 1.29 is 9.53 Å². The maximum Gasteiger partial charge on any atom is 0.407 e. The van der Waals surface area contributed by atoms with Gasteiger partial charge in [-0.15, -0.1) is 0 Å². The fourth-order valence-corrected chi connectivity index (χ4v) is 1.51. The molecule has 0 bridgehead atoms. The summed E-state index contributed by atoms with van der Waals surface area (Å²) in [5.74, 6) is 0. The molecule has 3 nitrogen and oxygen atoms in total. The fraction of sp³-hybridized carbons (Fsp3) is 0.800. The third kappa shape index (κ3) is 4.15. The molecule has 0 saturated heterocycles. The highest BCUT2D eigenvalue weighted by Crippen LogP contribution is 2.20. The van der Waals surface area contributed by atoms with Crippen LogP contribution in [0.3, 0.4) is 0 Å². The monoisotopic (exact) mass is 184 g/mol. The Morgan fingerprint density at radius 2 is 2.15 bits per heavy atom. The standard InChI is InChI=1S/C10H18NO2/c1-2-3-8-11-10(12)13-9-6-4-5-7-9/h9H,1-8H2,(H,11,12). The third-order valence-electron chi connectivity index (χ3n) is 2.27. The van der Waals surface area contributed by atoms with Crippen LogP contribution in [0.2, 0.25) is 0 Å². The van der Waals surface area contributed by atoms with Crippen molar-refractivity contribution in [2.45, 2.75) is 44.6 Å². The Balaban J connectivity index is 2.02. The second-order valence-corrected chi connectivity index (χ2v) is 3.45. The number of unbranched alkanes of at least 4 members (excludes halogenated alkanes) is 1. The van der Waals surface area contributed by atoms with E-state index in [-0.39, 0.29) is 12.2 Å². The number of hydrogen-bond acceptors (Lipinski definition) is 2. The molecule has 0 aliphatic heterocycles. The van der Waals surface area contributed by atoms with E-state index in [2.05, 4.69) is 12.2 Å². The summed E-state index contributed by atoms with van der Waals surface area (Å²) in [7, 11) is 0. The molecule has 0 spiro atoms. The molecule has 1 aliphatic rings. The Morgan fingerprint density at radius 1 is 1.46 bits per heavy atom. The van der Waals surface area contributed by atoms with E-state index in [9.17, 15) is 4.79 Å². The average Bonchev–Trinajstić information content (AvgIpc) is 2.57. The molecule has 1 fully saturated rings. The van der Waals surface area contributed by atoms with Crippen molar-refractivity contribution in [1.82, 2.24) is 5.32 Å². The Kier molecular flexibility index (Phi) is 4.65. The van der Waals surface area contributed by atoms with Crippen LogP contribution in [0, 0.1) is 6.92 Å². The molecule has 1 amide bonds. The Bertz CT molecular complexity index is 153. The molecule has 0 aromatic rings. The van der Waals surface area contributed by atoms with Crippen LogP contribution in [0.4, 0.5) is 4.79 Å². The Morgan fingerprint density at radius 3 is 2.77 bits per heavy atom. The molecule has 0 aromatic heterocycles. The maximum atomic E-state index is 11.1. The van der Waals surface area contributed by atoms with Crippen LogP contribution in [0.25, 0.3) is 0 Å². The van der Waals surface area contributed by atoms with Gasteiger partial charge in [0.25, 0.3) is 0 Å². The van der Waals surface area contributed by atoms with Crippen LogP contribution >= 0.6 is 0 Å². The largest absolute Gasteiger partial charge is 0.446 e. The molecular weight excluding hydrogens is 166 g/mol. The molecule has 1 radical (unpaired) electrons. The van der Waals surface area contributed by atoms with Gasteiger partial charge in [-0.25, -0.2) is 4.79 Å². The first-order chi connectivity index (χ1) is 6.33. The van der Waals surface area contributed by atoms with Crippen LogP contribution in [0.1, 0.15) is 38.5 Å². The summed E-state index contributed by atoms with van der Waals surface area (Å²) in [6.07, 6.45) is 6.11. The summed E-state index contributed by atoms with van der Waals surface area (Å²) >= 11 is 0. The lowest BCUT2D eigenvalue weighted by Gasteiger charge is -2.11. The van der Waals surface area contributed by atoms with Crippen molar-refractivity contribution in [2.75, 3.05) is 6.54 Å². The van der Waals surface area contributed by atoms with Crippen LogP contribution in [-0.4, -0.2) is 18.7 Å². The van der Waals surface area contributed by atoms with E-state index in [4.69, 9.17) is 4.74 Å². The molecule has 1 N–H and O–H groups in total. The van der Waals surface area contributed by atoms with Gasteiger partial charge in [0, 0.05) is 6.54 Å². The van der Waals surface area contributed by atoms with Gasteiger partial charge in [0.1, 0.15) is 6.10 Å². The molecule has 1 saturated carbocycles. The van der Waals surface area contributed by atoms with Crippen molar-refractivity contribution >= 4 is 6.09 Å². The van der Waals surface area contributed by atoms with Crippen molar-refractivity contribution in [3.8, 4) is 0 Å².